The Kier molecular flexibility index (Phi) is 6.20. The minimum Gasteiger partial charge on any atom is -0.382 e. The fourth-order valence-corrected chi connectivity index (χ4v) is 3.82. The standard InChI is InChI=1S/C21H34N4O/c1-21(2,3)15-4-6-16(7-5-15)24-17-8-10-18(11-9-17)25-20(26)19-14-22-12-13-23-19/h4-7,17-19,22-24H,8-14H2,1-3H3,(H,25,26). The van der Waals surface area contributed by atoms with E-state index in [1.54, 1.807) is 0 Å². The van der Waals surface area contributed by atoms with Crippen molar-refractivity contribution >= 4 is 11.6 Å². The van der Waals surface area contributed by atoms with Gasteiger partial charge in [-0.1, -0.05) is 32.9 Å². The molecule has 1 aliphatic heterocycles. The van der Waals surface area contributed by atoms with E-state index in [1.165, 1.54) is 11.3 Å². The van der Waals surface area contributed by atoms with Gasteiger partial charge in [-0.3, -0.25) is 4.79 Å². The van der Waals surface area contributed by atoms with Gasteiger partial charge < -0.3 is 21.3 Å². The lowest BCUT2D eigenvalue weighted by atomic mass is 9.87. The number of amides is 1. The molecule has 144 valence electrons. The second-order valence-corrected chi connectivity index (χ2v) is 8.74. The molecule has 1 aromatic rings. The van der Waals surface area contributed by atoms with Crippen LogP contribution in [0.2, 0.25) is 0 Å². The molecule has 2 fully saturated rings. The van der Waals surface area contributed by atoms with Crippen molar-refractivity contribution < 1.29 is 4.79 Å². The molecule has 0 aromatic heterocycles. The van der Waals surface area contributed by atoms with Crippen LogP contribution in [0.1, 0.15) is 52.0 Å². The monoisotopic (exact) mass is 358 g/mol. The van der Waals surface area contributed by atoms with E-state index in [2.05, 4.69) is 66.3 Å². The zero-order valence-corrected chi connectivity index (χ0v) is 16.4. The Hall–Kier alpha value is -1.59. The molecule has 1 aliphatic carbocycles. The number of nitrogens with one attached hydrogen (secondary N) is 4. The topological polar surface area (TPSA) is 65.2 Å². The summed E-state index contributed by atoms with van der Waals surface area (Å²) in [6.45, 7) is 9.26. The summed E-state index contributed by atoms with van der Waals surface area (Å²) in [6.07, 6.45) is 4.29. The van der Waals surface area contributed by atoms with Crippen molar-refractivity contribution in [2.45, 2.75) is 70.0 Å². The minimum absolute atomic E-state index is 0.0825. The SMILES string of the molecule is CC(C)(C)c1ccc(NC2CCC(NC(=O)C3CNCCN3)CC2)cc1. The largest absolute Gasteiger partial charge is 0.382 e. The molecule has 0 bridgehead atoms. The molecule has 0 radical (unpaired) electrons. The molecule has 1 heterocycles. The van der Waals surface area contributed by atoms with E-state index in [0.717, 1.165) is 45.3 Å². The number of hydrogen-bond acceptors (Lipinski definition) is 4. The molecule has 26 heavy (non-hydrogen) atoms. The van der Waals surface area contributed by atoms with Gasteiger partial charge in [-0.15, -0.1) is 0 Å². The average molecular weight is 359 g/mol. The summed E-state index contributed by atoms with van der Waals surface area (Å²) in [5.74, 6) is 0.145. The molecular weight excluding hydrogens is 324 g/mol. The Morgan fingerprint density at radius 3 is 2.23 bits per heavy atom. The van der Waals surface area contributed by atoms with Gasteiger partial charge in [-0.2, -0.15) is 0 Å². The molecule has 1 saturated heterocycles. The maximum atomic E-state index is 12.3. The molecule has 5 heteroatoms. The van der Waals surface area contributed by atoms with Gasteiger partial charge in [-0.25, -0.2) is 0 Å². The Morgan fingerprint density at radius 1 is 1.00 bits per heavy atom. The van der Waals surface area contributed by atoms with Crippen molar-refractivity contribution in [1.29, 1.82) is 0 Å². The van der Waals surface area contributed by atoms with Gasteiger partial charge in [0.1, 0.15) is 0 Å². The maximum Gasteiger partial charge on any atom is 0.238 e. The van der Waals surface area contributed by atoms with E-state index in [-0.39, 0.29) is 17.4 Å². The van der Waals surface area contributed by atoms with Crippen molar-refractivity contribution in [3.63, 3.8) is 0 Å². The Labute approximate surface area is 157 Å². The van der Waals surface area contributed by atoms with Crippen molar-refractivity contribution in [2.24, 2.45) is 0 Å². The number of anilines is 1. The zero-order valence-electron chi connectivity index (χ0n) is 16.4. The maximum absolute atomic E-state index is 12.3. The van der Waals surface area contributed by atoms with Crippen molar-refractivity contribution in [1.82, 2.24) is 16.0 Å². The Morgan fingerprint density at radius 2 is 1.65 bits per heavy atom. The third kappa shape index (κ3) is 5.21. The van der Waals surface area contributed by atoms with Crippen molar-refractivity contribution in [3.05, 3.63) is 29.8 Å². The molecule has 0 spiro atoms. The van der Waals surface area contributed by atoms with E-state index in [4.69, 9.17) is 0 Å². The fourth-order valence-electron chi connectivity index (χ4n) is 3.82. The molecule has 1 amide bonds. The lowest BCUT2D eigenvalue weighted by Gasteiger charge is -2.32. The van der Waals surface area contributed by atoms with Gasteiger partial charge >= 0.3 is 0 Å². The summed E-state index contributed by atoms with van der Waals surface area (Å²) in [7, 11) is 0. The number of carbonyl (C=O) groups is 1. The summed E-state index contributed by atoms with van der Waals surface area (Å²) >= 11 is 0. The van der Waals surface area contributed by atoms with E-state index in [9.17, 15) is 4.79 Å². The molecular formula is C21H34N4O. The summed E-state index contributed by atoms with van der Waals surface area (Å²) in [5, 5.41) is 13.4. The second-order valence-electron chi connectivity index (χ2n) is 8.74. The lowest BCUT2D eigenvalue weighted by Crippen LogP contribution is -2.57. The smallest absolute Gasteiger partial charge is 0.238 e. The number of benzene rings is 1. The summed E-state index contributed by atoms with van der Waals surface area (Å²) in [6, 6.07) is 9.55. The third-order valence-electron chi connectivity index (χ3n) is 5.55. The van der Waals surface area contributed by atoms with Gasteiger partial charge in [0.15, 0.2) is 0 Å². The predicted molar refractivity (Wildman–Crippen MR) is 108 cm³/mol. The van der Waals surface area contributed by atoms with E-state index in [1.807, 2.05) is 0 Å². The summed E-state index contributed by atoms with van der Waals surface area (Å²) in [4.78, 5) is 12.3. The van der Waals surface area contributed by atoms with Crippen LogP contribution < -0.4 is 21.3 Å². The van der Waals surface area contributed by atoms with E-state index >= 15 is 0 Å². The van der Waals surface area contributed by atoms with Gasteiger partial charge in [0, 0.05) is 37.4 Å². The third-order valence-corrected chi connectivity index (χ3v) is 5.55. The van der Waals surface area contributed by atoms with Crippen LogP contribution in [0.25, 0.3) is 0 Å². The van der Waals surface area contributed by atoms with Crippen LogP contribution in [0.4, 0.5) is 5.69 Å². The lowest BCUT2D eigenvalue weighted by molar-refractivity contribution is -0.124. The highest BCUT2D eigenvalue weighted by molar-refractivity contribution is 5.82. The first-order valence-corrected chi connectivity index (χ1v) is 10.0. The molecule has 5 nitrogen and oxygen atoms in total. The number of rotatable bonds is 4. The fraction of sp³-hybridized carbons (Fsp3) is 0.667. The van der Waals surface area contributed by atoms with Gasteiger partial charge in [0.05, 0.1) is 6.04 Å². The first kappa shape index (κ1) is 19.2. The highest BCUT2D eigenvalue weighted by Gasteiger charge is 2.26. The predicted octanol–water partition coefficient (Wildman–Crippen LogP) is 2.38. The number of piperazine rings is 1. The van der Waals surface area contributed by atoms with Crippen LogP contribution in [0.5, 0.6) is 0 Å². The number of carbonyl (C=O) groups excluding carboxylic acids is 1. The van der Waals surface area contributed by atoms with Crippen LogP contribution in [-0.2, 0) is 10.2 Å². The normalized spacial score (nSPS) is 27.0. The van der Waals surface area contributed by atoms with E-state index < -0.39 is 0 Å². The zero-order chi connectivity index (χ0) is 18.6. The van der Waals surface area contributed by atoms with Crippen LogP contribution in [-0.4, -0.2) is 43.7 Å². The molecule has 1 unspecified atom stereocenters. The van der Waals surface area contributed by atoms with Crippen molar-refractivity contribution in [3.8, 4) is 0 Å². The molecule has 1 atom stereocenters. The van der Waals surface area contributed by atoms with Crippen LogP contribution in [0.15, 0.2) is 24.3 Å². The highest BCUT2D eigenvalue weighted by atomic mass is 16.2. The second kappa shape index (κ2) is 8.40. The Bertz CT molecular complexity index is 579. The Balaban J connectivity index is 1.43. The first-order valence-electron chi connectivity index (χ1n) is 10.0. The van der Waals surface area contributed by atoms with Gasteiger partial charge in [-0.05, 0) is 48.8 Å². The molecule has 3 rings (SSSR count). The van der Waals surface area contributed by atoms with Crippen LogP contribution in [0.3, 0.4) is 0 Å². The highest BCUT2D eigenvalue weighted by Crippen LogP contribution is 2.26. The first-order chi connectivity index (χ1) is 12.4. The van der Waals surface area contributed by atoms with Crippen LogP contribution >= 0.6 is 0 Å². The van der Waals surface area contributed by atoms with E-state index in [0.29, 0.717) is 12.1 Å². The molecule has 2 aliphatic rings. The molecule has 1 aromatic carbocycles. The summed E-state index contributed by atoms with van der Waals surface area (Å²) in [5.41, 5.74) is 2.75. The quantitative estimate of drug-likeness (QED) is 0.667. The van der Waals surface area contributed by atoms with Crippen LogP contribution in [0, 0.1) is 0 Å². The average Bonchev–Trinajstić information content (AvgIpc) is 2.64. The van der Waals surface area contributed by atoms with Crippen molar-refractivity contribution in [2.75, 3.05) is 25.0 Å². The summed E-state index contributed by atoms with van der Waals surface area (Å²) < 4.78 is 0. The molecule has 4 N–H and O–H groups in total. The minimum atomic E-state index is -0.0825. The van der Waals surface area contributed by atoms with Gasteiger partial charge in [0.2, 0.25) is 5.91 Å². The van der Waals surface area contributed by atoms with Gasteiger partial charge in [0.25, 0.3) is 0 Å². The number of hydrogen-bond donors (Lipinski definition) is 4. The molecule has 1 saturated carbocycles.